The summed E-state index contributed by atoms with van der Waals surface area (Å²) in [5, 5.41) is 24.0. The lowest BCUT2D eigenvalue weighted by Crippen LogP contribution is -2.42. The number of carbonyl (C=O) groups is 1. The Morgan fingerprint density at radius 1 is 1.67 bits per heavy atom. The molecule has 0 aliphatic carbocycles. The van der Waals surface area contributed by atoms with Crippen LogP contribution in [-0.2, 0) is 4.79 Å². The van der Waals surface area contributed by atoms with Gasteiger partial charge >= 0.3 is 5.69 Å². The minimum atomic E-state index is -0.734. The third-order valence-electron chi connectivity index (χ3n) is 3.65. The van der Waals surface area contributed by atoms with E-state index in [1.165, 1.54) is 17.4 Å². The summed E-state index contributed by atoms with van der Waals surface area (Å²) in [6.07, 6.45) is 0.873. The summed E-state index contributed by atoms with van der Waals surface area (Å²) in [5.74, 6) is -0.185. The molecule has 2 atom stereocenters. The fourth-order valence-corrected chi connectivity index (χ4v) is 3.63. The van der Waals surface area contributed by atoms with Crippen molar-refractivity contribution in [1.29, 1.82) is 0 Å². The molecule has 8 heteroatoms. The molecular weight excluding hydrogens is 294 g/mol. The maximum atomic E-state index is 11.8. The van der Waals surface area contributed by atoms with Crippen molar-refractivity contribution in [2.75, 3.05) is 25.0 Å². The van der Waals surface area contributed by atoms with Gasteiger partial charge in [0.15, 0.2) is 5.00 Å². The Labute approximate surface area is 126 Å². The zero-order valence-electron chi connectivity index (χ0n) is 12.0. The van der Waals surface area contributed by atoms with Crippen LogP contribution in [-0.4, -0.2) is 36.1 Å². The third-order valence-corrected chi connectivity index (χ3v) is 5.00. The molecule has 2 rings (SSSR count). The van der Waals surface area contributed by atoms with Crippen LogP contribution in [0, 0.1) is 16.0 Å². The molecule has 1 saturated heterocycles. The number of nitrogens with zero attached hydrogens (tertiary/aromatic N) is 2. The van der Waals surface area contributed by atoms with Crippen LogP contribution in [0.5, 0.6) is 0 Å². The molecule has 116 valence electrons. The quantitative estimate of drug-likeness (QED) is 0.651. The second-order valence-corrected chi connectivity index (χ2v) is 6.23. The van der Waals surface area contributed by atoms with Gasteiger partial charge in [0.05, 0.1) is 16.9 Å². The number of nitrogens with one attached hydrogen (secondary N) is 1. The largest absolute Gasteiger partial charge is 0.388 e. The first-order valence-electron chi connectivity index (χ1n) is 6.86. The smallest absolute Gasteiger partial charge is 0.304 e. The van der Waals surface area contributed by atoms with Gasteiger partial charge in [0.1, 0.15) is 0 Å². The summed E-state index contributed by atoms with van der Waals surface area (Å²) in [6, 6.07) is 1.42. The average Bonchev–Trinajstić information content (AvgIpc) is 2.92. The Balaban J connectivity index is 2.27. The van der Waals surface area contributed by atoms with Crippen LogP contribution in [0.1, 0.15) is 30.7 Å². The highest BCUT2D eigenvalue weighted by atomic mass is 32.1. The predicted octanol–water partition coefficient (Wildman–Crippen LogP) is 1.67. The van der Waals surface area contributed by atoms with Crippen LogP contribution in [0.4, 0.5) is 10.7 Å². The van der Waals surface area contributed by atoms with Gasteiger partial charge in [0.25, 0.3) is 0 Å². The van der Waals surface area contributed by atoms with E-state index in [1.807, 2.05) is 4.90 Å². The van der Waals surface area contributed by atoms with Gasteiger partial charge in [-0.2, -0.15) is 0 Å². The molecule has 2 heterocycles. The average molecular weight is 313 g/mol. The first kappa shape index (κ1) is 15.7. The molecule has 0 radical (unpaired) electrons. The van der Waals surface area contributed by atoms with Crippen LogP contribution in [0.2, 0.25) is 0 Å². The standard InChI is InChI=1S/C13H19N3O4S/c1-8(17)11-6-10(16(19)20)13(21-11)15-5-3-4-9(7-15)12(18)14-2/h6,8-9,17H,3-5,7H2,1-2H3,(H,14,18). The van der Waals surface area contributed by atoms with Gasteiger partial charge in [-0.15, -0.1) is 11.3 Å². The van der Waals surface area contributed by atoms with Gasteiger partial charge in [0, 0.05) is 31.1 Å². The molecule has 0 aromatic carbocycles. The Kier molecular flexibility index (Phi) is 4.79. The molecule has 2 unspecified atom stereocenters. The molecular formula is C13H19N3O4S. The van der Waals surface area contributed by atoms with E-state index in [2.05, 4.69) is 5.32 Å². The van der Waals surface area contributed by atoms with E-state index in [0.717, 1.165) is 12.8 Å². The van der Waals surface area contributed by atoms with Gasteiger partial charge in [-0.1, -0.05) is 0 Å². The summed E-state index contributed by atoms with van der Waals surface area (Å²) in [5.41, 5.74) is 0.00783. The van der Waals surface area contributed by atoms with Crippen molar-refractivity contribution in [2.45, 2.75) is 25.9 Å². The predicted molar refractivity (Wildman–Crippen MR) is 80.6 cm³/mol. The minimum absolute atomic E-state index is 0.00783. The van der Waals surface area contributed by atoms with Crippen molar-refractivity contribution in [3.63, 3.8) is 0 Å². The van der Waals surface area contributed by atoms with Crippen LogP contribution in [0.3, 0.4) is 0 Å². The summed E-state index contributed by atoms with van der Waals surface area (Å²) in [4.78, 5) is 25.0. The lowest BCUT2D eigenvalue weighted by atomic mass is 9.97. The van der Waals surface area contributed by atoms with Gasteiger partial charge in [-0.3, -0.25) is 14.9 Å². The second-order valence-electron chi connectivity index (χ2n) is 5.17. The van der Waals surface area contributed by atoms with Crippen molar-refractivity contribution in [3.05, 3.63) is 21.1 Å². The summed E-state index contributed by atoms with van der Waals surface area (Å²) in [7, 11) is 1.60. The molecule has 0 saturated carbocycles. The number of hydrogen-bond acceptors (Lipinski definition) is 6. The van der Waals surface area contributed by atoms with E-state index in [4.69, 9.17) is 0 Å². The second kappa shape index (κ2) is 6.40. The topological polar surface area (TPSA) is 95.7 Å². The number of carbonyl (C=O) groups excluding carboxylic acids is 1. The normalized spacial score (nSPS) is 20.1. The number of anilines is 1. The Morgan fingerprint density at radius 2 is 2.38 bits per heavy atom. The number of piperidine rings is 1. The summed E-state index contributed by atoms with van der Waals surface area (Å²) < 4.78 is 0. The number of thiophene rings is 1. The summed E-state index contributed by atoms with van der Waals surface area (Å²) >= 11 is 1.23. The first-order chi connectivity index (χ1) is 9.93. The Bertz CT molecular complexity index is 544. The molecule has 2 N–H and O–H groups in total. The van der Waals surface area contributed by atoms with E-state index >= 15 is 0 Å². The van der Waals surface area contributed by atoms with Gasteiger partial charge in [0.2, 0.25) is 5.91 Å². The molecule has 0 spiro atoms. The fourth-order valence-electron chi connectivity index (χ4n) is 2.53. The van der Waals surface area contributed by atoms with Crippen molar-refractivity contribution in [3.8, 4) is 0 Å². The molecule has 1 aromatic heterocycles. The summed E-state index contributed by atoms with van der Waals surface area (Å²) in [6.45, 7) is 2.75. The lowest BCUT2D eigenvalue weighted by Gasteiger charge is -2.31. The van der Waals surface area contributed by atoms with Crippen LogP contribution in [0.25, 0.3) is 0 Å². The van der Waals surface area contributed by atoms with Crippen molar-refractivity contribution < 1.29 is 14.8 Å². The molecule has 21 heavy (non-hydrogen) atoms. The number of aliphatic hydroxyl groups is 1. The van der Waals surface area contributed by atoms with Crippen LogP contribution in [0.15, 0.2) is 6.07 Å². The van der Waals surface area contributed by atoms with Crippen molar-refractivity contribution in [1.82, 2.24) is 5.32 Å². The van der Waals surface area contributed by atoms with E-state index in [0.29, 0.717) is 23.0 Å². The maximum Gasteiger partial charge on any atom is 0.304 e. The molecule has 1 aliphatic heterocycles. The zero-order valence-corrected chi connectivity index (χ0v) is 12.9. The van der Waals surface area contributed by atoms with Gasteiger partial charge in [-0.05, 0) is 19.8 Å². The number of rotatable bonds is 4. The van der Waals surface area contributed by atoms with Gasteiger partial charge in [-0.25, -0.2) is 0 Å². The number of hydrogen-bond donors (Lipinski definition) is 2. The van der Waals surface area contributed by atoms with E-state index in [-0.39, 0.29) is 17.5 Å². The highest BCUT2D eigenvalue weighted by Crippen LogP contribution is 2.41. The highest BCUT2D eigenvalue weighted by Gasteiger charge is 2.31. The Hall–Kier alpha value is -1.67. The van der Waals surface area contributed by atoms with Crippen molar-refractivity contribution >= 4 is 27.9 Å². The number of nitro groups is 1. The van der Waals surface area contributed by atoms with Crippen molar-refractivity contribution in [2.24, 2.45) is 5.92 Å². The monoisotopic (exact) mass is 313 g/mol. The molecule has 7 nitrogen and oxygen atoms in total. The molecule has 1 aromatic rings. The Morgan fingerprint density at radius 3 is 2.95 bits per heavy atom. The minimum Gasteiger partial charge on any atom is -0.388 e. The highest BCUT2D eigenvalue weighted by molar-refractivity contribution is 7.16. The van der Waals surface area contributed by atoms with Crippen LogP contribution < -0.4 is 10.2 Å². The number of aliphatic hydroxyl groups excluding tert-OH is 1. The molecule has 0 bridgehead atoms. The number of amides is 1. The van der Waals surface area contributed by atoms with Crippen LogP contribution >= 0.6 is 11.3 Å². The fraction of sp³-hybridized carbons (Fsp3) is 0.615. The molecule has 1 fully saturated rings. The third kappa shape index (κ3) is 3.33. The zero-order chi connectivity index (χ0) is 15.6. The lowest BCUT2D eigenvalue weighted by molar-refractivity contribution is -0.383. The molecule has 1 aliphatic rings. The van der Waals surface area contributed by atoms with E-state index < -0.39 is 11.0 Å². The van der Waals surface area contributed by atoms with Gasteiger partial charge < -0.3 is 15.3 Å². The maximum absolute atomic E-state index is 11.8. The SMILES string of the molecule is CNC(=O)C1CCCN(c2sc(C(C)O)cc2[N+](=O)[O-])C1. The van der Waals surface area contributed by atoms with E-state index in [9.17, 15) is 20.0 Å². The van der Waals surface area contributed by atoms with E-state index in [1.54, 1.807) is 14.0 Å². The first-order valence-corrected chi connectivity index (χ1v) is 7.68. The molecule has 1 amide bonds.